The van der Waals surface area contributed by atoms with E-state index in [1.807, 2.05) is 61.8 Å². The lowest BCUT2D eigenvalue weighted by Gasteiger charge is -2.22. The lowest BCUT2D eigenvalue weighted by Crippen LogP contribution is -2.27. The number of carboxylic acid groups (broad SMARTS) is 1. The van der Waals surface area contributed by atoms with Gasteiger partial charge in [0, 0.05) is 53.0 Å². The van der Waals surface area contributed by atoms with Gasteiger partial charge < -0.3 is 10.1 Å². The maximum Gasteiger partial charge on any atom is 0.303 e. The normalized spacial score (nSPS) is 15.1. The van der Waals surface area contributed by atoms with Crippen molar-refractivity contribution >= 4 is 51.0 Å². The molecule has 1 unspecified atom stereocenters. The molecule has 10 heteroatoms. The number of nitrogens with one attached hydrogen (secondary N) is 1. The minimum atomic E-state index is -1.07. The Bertz CT molecular complexity index is 1890. The Morgan fingerprint density at radius 3 is 2.62 bits per heavy atom. The summed E-state index contributed by atoms with van der Waals surface area (Å²) in [6.45, 7) is 0. The zero-order valence-electron chi connectivity index (χ0n) is 21.5. The number of carbonyl (C=O) groups is 2. The third-order valence-corrected chi connectivity index (χ3v) is 7.31. The van der Waals surface area contributed by atoms with Crippen molar-refractivity contribution in [2.45, 2.75) is 25.3 Å². The number of benzene rings is 3. The minimum Gasteiger partial charge on any atom is -0.481 e. The number of H-pyrrole nitrogens is 1. The third-order valence-electron chi connectivity index (χ3n) is 7.07. The third kappa shape index (κ3) is 4.65. The molecule has 0 bridgehead atoms. The number of aryl methyl sites for hydroxylation is 1. The molecule has 0 radical (unpaired) electrons. The number of rotatable bonds is 6. The van der Waals surface area contributed by atoms with Crippen LogP contribution < -0.4 is 5.56 Å². The fourth-order valence-corrected chi connectivity index (χ4v) is 5.47. The number of aromatic nitrogens is 3. The van der Waals surface area contributed by atoms with Crippen LogP contribution in [0.5, 0.6) is 0 Å². The maximum absolute atomic E-state index is 13.7. The van der Waals surface area contributed by atoms with E-state index in [1.165, 1.54) is 5.01 Å². The number of pyridine rings is 1. The monoisotopic (exact) mass is 553 g/mol. The Morgan fingerprint density at radius 2 is 1.85 bits per heavy atom. The zero-order valence-corrected chi connectivity index (χ0v) is 22.2. The Balaban J connectivity index is 1.53. The highest BCUT2D eigenvalue weighted by molar-refractivity contribution is 6.31. The number of nitrogens with zero attached hydrogens (tertiary/aromatic N) is 4. The topological polar surface area (TPSA) is 121 Å². The van der Waals surface area contributed by atoms with E-state index in [9.17, 15) is 19.5 Å². The average molecular weight is 554 g/mol. The molecule has 2 N–H and O–H groups in total. The molecule has 200 valence electrons. The van der Waals surface area contributed by atoms with E-state index in [1.54, 1.807) is 22.9 Å². The molecule has 1 aliphatic rings. The minimum absolute atomic E-state index is 0.215. The van der Waals surface area contributed by atoms with Crippen molar-refractivity contribution in [1.29, 1.82) is 0 Å². The summed E-state index contributed by atoms with van der Waals surface area (Å²) in [6, 6.07) is 20.0. The second-order valence-corrected chi connectivity index (χ2v) is 10.2. The van der Waals surface area contributed by atoms with Gasteiger partial charge in [-0.3, -0.25) is 19.1 Å². The first-order chi connectivity index (χ1) is 19.3. The van der Waals surface area contributed by atoms with Crippen molar-refractivity contribution in [3.8, 4) is 11.1 Å². The van der Waals surface area contributed by atoms with Gasteiger partial charge in [-0.25, -0.2) is 5.01 Å². The zero-order chi connectivity index (χ0) is 28.0. The van der Waals surface area contributed by atoms with Gasteiger partial charge >= 0.3 is 5.97 Å². The molecular formula is C30H24ClN5O4. The fraction of sp³-hybridized carbons (Fsp3) is 0.167. The second kappa shape index (κ2) is 10.1. The summed E-state index contributed by atoms with van der Waals surface area (Å²) in [5, 5.41) is 21.8. The number of fused-ring (bicyclic) bond motifs is 2. The van der Waals surface area contributed by atoms with Gasteiger partial charge in [0.2, 0.25) is 5.91 Å². The number of hydrogen-bond acceptors (Lipinski definition) is 5. The van der Waals surface area contributed by atoms with Gasteiger partial charge in [-0.15, -0.1) is 0 Å². The molecule has 1 atom stereocenters. The molecule has 0 spiro atoms. The molecule has 3 aromatic carbocycles. The molecule has 0 aliphatic carbocycles. The van der Waals surface area contributed by atoms with Crippen LogP contribution in [0.25, 0.3) is 32.9 Å². The predicted molar refractivity (Wildman–Crippen MR) is 153 cm³/mol. The fourth-order valence-electron chi connectivity index (χ4n) is 5.30. The van der Waals surface area contributed by atoms with E-state index in [2.05, 4.69) is 15.2 Å². The molecule has 3 heterocycles. The van der Waals surface area contributed by atoms with Gasteiger partial charge in [0.25, 0.3) is 5.56 Å². The molecule has 0 saturated heterocycles. The van der Waals surface area contributed by atoms with Crippen molar-refractivity contribution in [2.24, 2.45) is 12.1 Å². The number of carbonyl (C=O) groups excluding carboxylic acids is 1. The average Bonchev–Trinajstić information content (AvgIpc) is 3.54. The predicted octanol–water partition coefficient (Wildman–Crippen LogP) is 5.28. The standard InChI is InChI=1S/C30H24ClN5O4/c1-35-16-19-13-18(7-9-22(19)33-35)25-15-24(34-36(25)26(37)11-12-27(38)39)29-28(17-5-3-2-4-6-17)21-14-20(31)8-10-23(21)32-30(29)40/h2-10,13-14,16,25H,11-12,15H2,1H3,(H,32,40)(H,38,39). The number of halogens is 1. The van der Waals surface area contributed by atoms with E-state index in [4.69, 9.17) is 11.6 Å². The number of hydrazone groups is 1. The molecule has 6 rings (SSSR count). The van der Waals surface area contributed by atoms with Crippen LogP contribution in [-0.2, 0) is 16.6 Å². The summed E-state index contributed by atoms with van der Waals surface area (Å²) in [6.07, 6.45) is 1.61. The van der Waals surface area contributed by atoms with Crippen molar-refractivity contribution in [2.75, 3.05) is 0 Å². The molecule has 40 heavy (non-hydrogen) atoms. The number of amides is 1. The first kappa shape index (κ1) is 25.5. The highest BCUT2D eigenvalue weighted by Gasteiger charge is 2.35. The van der Waals surface area contributed by atoms with E-state index in [-0.39, 0.29) is 24.8 Å². The Morgan fingerprint density at radius 1 is 1.05 bits per heavy atom. The van der Waals surface area contributed by atoms with Crippen molar-refractivity contribution in [3.05, 3.63) is 99.4 Å². The number of carboxylic acids is 1. The van der Waals surface area contributed by atoms with Gasteiger partial charge in [0.15, 0.2) is 0 Å². The smallest absolute Gasteiger partial charge is 0.303 e. The van der Waals surface area contributed by atoms with Gasteiger partial charge in [0.1, 0.15) is 0 Å². The summed E-state index contributed by atoms with van der Waals surface area (Å²) < 4.78 is 1.71. The van der Waals surface area contributed by atoms with E-state index in [0.717, 1.165) is 27.4 Å². The first-order valence-corrected chi connectivity index (χ1v) is 13.1. The molecule has 9 nitrogen and oxygen atoms in total. The van der Waals surface area contributed by atoms with Crippen molar-refractivity contribution < 1.29 is 14.7 Å². The molecule has 0 fully saturated rings. The van der Waals surface area contributed by atoms with Crippen LogP contribution in [0.2, 0.25) is 5.02 Å². The van der Waals surface area contributed by atoms with Crippen LogP contribution >= 0.6 is 11.6 Å². The molecule has 1 amide bonds. The number of hydrogen-bond donors (Lipinski definition) is 2. The largest absolute Gasteiger partial charge is 0.481 e. The van der Waals surface area contributed by atoms with Gasteiger partial charge in [-0.1, -0.05) is 48.0 Å². The van der Waals surface area contributed by atoms with Crippen LogP contribution in [0.1, 0.15) is 36.4 Å². The summed E-state index contributed by atoms with van der Waals surface area (Å²) in [7, 11) is 1.83. The number of aliphatic carboxylic acids is 1. The van der Waals surface area contributed by atoms with Crippen molar-refractivity contribution in [3.63, 3.8) is 0 Å². The SMILES string of the molecule is Cn1cc2cc(C3CC(c4c(-c5ccccc5)c5cc(Cl)ccc5[nH]c4=O)=NN3C(=O)CCC(=O)O)ccc2n1. The summed E-state index contributed by atoms with van der Waals surface area (Å²) in [5.41, 5.74) is 4.17. The van der Waals surface area contributed by atoms with Crippen LogP contribution in [-0.4, -0.2) is 42.5 Å². The van der Waals surface area contributed by atoms with E-state index in [0.29, 0.717) is 27.4 Å². The van der Waals surface area contributed by atoms with E-state index >= 15 is 0 Å². The summed E-state index contributed by atoms with van der Waals surface area (Å²) in [4.78, 5) is 41.1. The summed E-state index contributed by atoms with van der Waals surface area (Å²) >= 11 is 6.38. The quantitative estimate of drug-likeness (QED) is 0.296. The van der Waals surface area contributed by atoms with Gasteiger partial charge in [-0.05, 0) is 41.5 Å². The lowest BCUT2D eigenvalue weighted by atomic mass is 9.91. The van der Waals surface area contributed by atoms with Crippen LogP contribution in [0.3, 0.4) is 0 Å². The van der Waals surface area contributed by atoms with Crippen LogP contribution in [0.4, 0.5) is 0 Å². The van der Waals surface area contributed by atoms with Crippen LogP contribution in [0, 0.1) is 0 Å². The van der Waals surface area contributed by atoms with E-state index < -0.39 is 17.9 Å². The Kier molecular flexibility index (Phi) is 6.43. The highest BCUT2D eigenvalue weighted by atomic mass is 35.5. The molecule has 2 aromatic heterocycles. The molecular weight excluding hydrogens is 530 g/mol. The molecule has 0 saturated carbocycles. The molecule has 5 aromatic rings. The Labute approximate surface area is 233 Å². The lowest BCUT2D eigenvalue weighted by molar-refractivity contribution is -0.141. The number of aromatic amines is 1. The molecule has 1 aliphatic heterocycles. The maximum atomic E-state index is 13.7. The van der Waals surface area contributed by atoms with Gasteiger partial charge in [0.05, 0.1) is 29.3 Å². The second-order valence-electron chi connectivity index (χ2n) is 9.78. The summed E-state index contributed by atoms with van der Waals surface area (Å²) in [5.74, 6) is -1.51. The first-order valence-electron chi connectivity index (χ1n) is 12.7. The van der Waals surface area contributed by atoms with Crippen molar-refractivity contribution in [1.82, 2.24) is 19.8 Å². The Hall–Kier alpha value is -4.76. The van der Waals surface area contributed by atoms with Gasteiger partial charge in [-0.2, -0.15) is 10.2 Å². The highest BCUT2D eigenvalue weighted by Crippen LogP contribution is 2.38. The van der Waals surface area contributed by atoms with Crippen LogP contribution in [0.15, 0.2) is 82.8 Å².